The second kappa shape index (κ2) is 5.34. The Labute approximate surface area is 98.8 Å². The van der Waals surface area contributed by atoms with Crippen LogP contribution >= 0.6 is 0 Å². The molecular weight excluding hydrogens is 255 g/mol. The number of aromatic nitrogens is 1. The summed E-state index contributed by atoms with van der Waals surface area (Å²) in [6.45, 7) is -1.48. The minimum Gasteiger partial charge on any atom is -0.477 e. The zero-order valence-corrected chi connectivity index (χ0v) is 8.78. The molecule has 0 aromatic carbocycles. The molecule has 0 aliphatic rings. The van der Waals surface area contributed by atoms with Crippen LogP contribution in [0, 0.1) is 0 Å². The van der Waals surface area contributed by atoms with Crippen molar-refractivity contribution in [3.8, 4) is 0 Å². The monoisotopic (exact) mass is 263 g/mol. The molecule has 9 heteroatoms. The van der Waals surface area contributed by atoms with Gasteiger partial charge in [0.1, 0.15) is 12.2 Å². The molecule has 0 radical (unpaired) electrons. The van der Waals surface area contributed by atoms with E-state index in [2.05, 4.69) is 10.3 Å². The van der Waals surface area contributed by atoms with Crippen molar-refractivity contribution in [3.05, 3.63) is 24.0 Å². The summed E-state index contributed by atoms with van der Waals surface area (Å²) in [7, 11) is 0. The van der Waals surface area contributed by atoms with E-state index < -0.39 is 24.7 Å². The van der Waals surface area contributed by atoms with Crippen molar-refractivity contribution in [2.24, 2.45) is 0 Å². The minimum atomic E-state index is -4.51. The van der Waals surface area contributed by atoms with Gasteiger partial charge in [0.05, 0.1) is 0 Å². The molecule has 1 aromatic rings. The molecule has 0 spiro atoms. The fraction of sp³-hybridized carbons (Fsp3) is 0.222. The first-order valence-corrected chi connectivity index (χ1v) is 4.59. The fourth-order valence-corrected chi connectivity index (χ4v) is 0.981. The maximum Gasteiger partial charge on any atom is 0.405 e. The number of carboxylic acids is 1. The highest BCUT2D eigenvalue weighted by Crippen LogP contribution is 2.12. The molecule has 0 saturated carbocycles. The number of carbonyl (C=O) groups is 2. The summed E-state index contributed by atoms with van der Waals surface area (Å²) in [5.41, 5.74) is -0.300. The third-order valence-electron chi connectivity index (χ3n) is 1.69. The van der Waals surface area contributed by atoms with Crippen molar-refractivity contribution in [2.45, 2.75) is 6.18 Å². The van der Waals surface area contributed by atoms with Gasteiger partial charge in [0.2, 0.25) is 0 Å². The summed E-state index contributed by atoms with van der Waals surface area (Å²) in [6.07, 6.45) is -3.40. The largest absolute Gasteiger partial charge is 0.477 e. The zero-order valence-electron chi connectivity index (χ0n) is 8.78. The topological polar surface area (TPSA) is 91.3 Å². The smallest absolute Gasteiger partial charge is 0.405 e. The van der Waals surface area contributed by atoms with Crippen LogP contribution in [0.25, 0.3) is 0 Å². The minimum absolute atomic E-state index is 0.0297. The molecule has 2 amide bonds. The summed E-state index contributed by atoms with van der Waals surface area (Å²) in [6, 6.07) is 1.18. The van der Waals surface area contributed by atoms with E-state index in [4.69, 9.17) is 5.11 Å². The molecule has 0 aliphatic heterocycles. The lowest BCUT2D eigenvalue weighted by Gasteiger charge is -2.09. The van der Waals surface area contributed by atoms with Crippen molar-refractivity contribution in [1.29, 1.82) is 0 Å². The summed E-state index contributed by atoms with van der Waals surface area (Å²) in [4.78, 5) is 25.1. The van der Waals surface area contributed by atoms with Gasteiger partial charge in [-0.3, -0.25) is 0 Å². The number of rotatable bonds is 3. The molecule has 98 valence electrons. The normalized spacial score (nSPS) is 10.8. The number of carbonyl (C=O) groups excluding carboxylic acids is 1. The van der Waals surface area contributed by atoms with Crippen LogP contribution in [0.1, 0.15) is 10.5 Å². The number of hydrogen-bond donors (Lipinski definition) is 3. The van der Waals surface area contributed by atoms with Crippen LogP contribution in [0.3, 0.4) is 0 Å². The Bertz CT molecular complexity index is 462. The number of amides is 2. The average Bonchev–Trinajstić information content (AvgIpc) is 2.26. The first-order chi connectivity index (χ1) is 8.28. The van der Waals surface area contributed by atoms with E-state index in [0.717, 1.165) is 12.3 Å². The molecule has 18 heavy (non-hydrogen) atoms. The zero-order chi connectivity index (χ0) is 13.8. The van der Waals surface area contributed by atoms with Gasteiger partial charge in [-0.1, -0.05) is 0 Å². The maximum absolute atomic E-state index is 11.8. The number of urea groups is 1. The second-order valence-corrected chi connectivity index (χ2v) is 3.16. The van der Waals surface area contributed by atoms with Gasteiger partial charge in [-0.15, -0.1) is 0 Å². The third-order valence-corrected chi connectivity index (χ3v) is 1.69. The molecule has 1 heterocycles. The van der Waals surface area contributed by atoms with Crippen LogP contribution in [-0.4, -0.2) is 34.8 Å². The van der Waals surface area contributed by atoms with Gasteiger partial charge in [0.25, 0.3) is 0 Å². The predicted octanol–water partition coefficient (Wildman–Crippen LogP) is 1.46. The second-order valence-electron chi connectivity index (χ2n) is 3.16. The van der Waals surface area contributed by atoms with E-state index in [0.29, 0.717) is 0 Å². The number of alkyl halides is 3. The van der Waals surface area contributed by atoms with Gasteiger partial charge < -0.3 is 15.7 Å². The van der Waals surface area contributed by atoms with Crippen molar-refractivity contribution >= 4 is 17.7 Å². The van der Waals surface area contributed by atoms with Crippen LogP contribution in [0.2, 0.25) is 0 Å². The van der Waals surface area contributed by atoms with E-state index in [1.807, 2.05) is 0 Å². The van der Waals surface area contributed by atoms with E-state index in [-0.39, 0.29) is 11.4 Å². The first-order valence-electron chi connectivity index (χ1n) is 4.59. The number of aromatic carboxylic acids is 1. The van der Waals surface area contributed by atoms with Crippen LogP contribution < -0.4 is 10.6 Å². The van der Waals surface area contributed by atoms with Crippen LogP contribution in [0.15, 0.2) is 18.3 Å². The fourth-order valence-electron chi connectivity index (χ4n) is 0.981. The van der Waals surface area contributed by atoms with Crippen molar-refractivity contribution < 1.29 is 27.9 Å². The Morgan fingerprint density at radius 2 is 2.06 bits per heavy atom. The number of pyridine rings is 1. The molecule has 6 nitrogen and oxygen atoms in total. The predicted molar refractivity (Wildman–Crippen MR) is 54.3 cm³/mol. The molecule has 0 bridgehead atoms. The van der Waals surface area contributed by atoms with E-state index in [1.165, 1.54) is 6.07 Å². The van der Waals surface area contributed by atoms with Gasteiger partial charge in [-0.05, 0) is 12.1 Å². The molecule has 0 atom stereocenters. The highest BCUT2D eigenvalue weighted by atomic mass is 19.4. The van der Waals surface area contributed by atoms with Gasteiger partial charge in [-0.2, -0.15) is 13.2 Å². The third kappa shape index (κ3) is 4.68. The lowest BCUT2D eigenvalue weighted by molar-refractivity contribution is -0.122. The lowest BCUT2D eigenvalue weighted by atomic mass is 10.3. The lowest BCUT2D eigenvalue weighted by Crippen LogP contribution is -2.36. The molecule has 3 N–H and O–H groups in total. The number of carboxylic acid groups (broad SMARTS) is 1. The van der Waals surface area contributed by atoms with Crippen molar-refractivity contribution in [2.75, 3.05) is 11.9 Å². The Morgan fingerprint density at radius 3 is 2.61 bits per heavy atom. The molecule has 0 saturated heterocycles. The van der Waals surface area contributed by atoms with Crippen LogP contribution in [0.5, 0.6) is 0 Å². The van der Waals surface area contributed by atoms with E-state index in [1.54, 1.807) is 5.32 Å². The Kier molecular flexibility index (Phi) is 4.08. The molecule has 0 aliphatic carbocycles. The number of halogens is 3. The van der Waals surface area contributed by atoms with Crippen LogP contribution in [0.4, 0.5) is 23.7 Å². The Balaban J connectivity index is 2.59. The number of nitrogens with one attached hydrogen (secondary N) is 2. The van der Waals surface area contributed by atoms with E-state index >= 15 is 0 Å². The maximum atomic E-state index is 11.8. The van der Waals surface area contributed by atoms with Gasteiger partial charge in [0.15, 0.2) is 0 Å². The molecule has 0 unspecified atom stereocenters. The summed E-state index contributed by atoms with van der Waals surface area (Å²) in [5, 5.41) is 12.2. The first kappa shape index (κ1) is 13.7. The summed E-state index contributed by atoms with van der Waals surface area (Å²) < 4.78 is 35.4. The SMILES string of the molecule is O=C(NCC(F)(F)F)Nc1ccnc(C(=O)O)c1. The highest BCUT2D eigenvalue weighted by Gasteiger charge is 2.27. The molecule has 0 fully saturated rings. The van der Waals surface area contributed by atoms with E-state index in [9.17, 15) is 22.8 Å². The standard InChI is InChI=1S/C9H8F3N3O3/c10-9(11,12)4-14-8(18)15-5-1-2-13-6(3-5)7(16)17/h1-3H,4H2,(H,16,17)(H2,13,14,15,18). The quantitative estimate of drug-likeness (QED) is 0.770. The average molecular weight is 263 g/mol. The highest BCUT2D eigenvalue weighted by molar-refractivity contribution is 5.91. The van der Waals surface area contributed by atoms with Gasteiger partial charge in [-0.25, -0.2) is 14.6 Å². The number of hydrogen-bond acceptors (Lipinski definition) is 3. The summed E-state index contributed by atoms with van der Waals surface area (Å²) in [5.74, 6) is -1.31. The number of nitrogens with zero attached hydrogens (tertiary/aromatic N) is 1. The number of anilines is 1. The van der Waals surface area contributed by atoms with Gasteiger partial charge in [0, 0.05) is 11.9 Å². The van der Waals surface area contributed by atoms with Gasteiger partial charge >= 0.3 is 18.2 Å². The molecule has 1 aromatic heterocycles. The Hall–Kier alpha value is -2.32. The molecule has 1 rings (SSSR count). The van der Waals surface area contributed by atoms with Crippen LogP contribution in [-0.2, 0) is 0 Å². The summed E-state index contributed by atoms with van der Waals surface area (Å²) >= 11 is 0. The molecular formula is C9H8F3N3O3. The van der Waals surface area contributed by atoms with Crippen molar-refractivity contribution in [3.63, 3.8) is 0 Å². The Morgan fingerprint density at radius 1 is 1.39 bits per heavy atom. The van der Waals surface area contributed by atoms with Crippen molar-refractivity contribution in [1.82, 2.24) is 10.3 Å².